The Labute approximate surface area is 130 Å². The van der Waals surface area contributed by atoms with Crippen molar-refractivity contribution in [2.45, 2.75) is 38.5 Å². The van der Waals surface area contributed by atoms with Crippen molar-refractivity contribution in [1.29, 1.82) is 0 Å². The Morgan fingerprint density at radius 2 is 2.27 bits per heavy atom. The van der Waals surface area contributed by atoms with Gasteiger partial charge in [0, 0.05) is 32.0 Å². The fourth-order valence-corrected chi connectivity index (χ4v) is 2.98. The first-order chi connectivity index (χ1) is 10.9. The lowest BCUT2D eigenvalue weighted by atomic mass is 10.1. The summed E-state index contributed by atoms with van der Waals surface area (Å²) in [5.74, 6) is 0.850. The molecule has 5 heteroatoms. The molecule has 1 N–H and O–H groups in total. The number of nitrogens with zero attached hydrogens (tertiary/aromatic N) is 3. The maximum absolute atomic E-state index is 5.92. The van der Waals surface area contributed by atoms with Gasteiger partial charge in [0.05, 0.1) is 18.0 Å². The topological polar surface area (TPSA) is 52.0 Å². The number of ether oxygens (including phenoxy) is 1. The van der Waals surface area contributed by atoms with E-state index in [0.29, 0.717) is 0 Å². The van der Waals surface area contributed by atoms with Gasteiger partial charge in [0.15, 0.2) is 0 Å². The van der Waals surface area contributed by atoms with Crippen LogP contribution in [-0.4, -0.2) is 27.9 Å². The third-order valence-electron chi connectivity index (χ3n) is 4.37. The van der Waals surface area contributed by atoms with Crippen LogP contribution in [0.2, 0.25) is 0 Å². The molecular formula is C17H22N4O. The van der Waals surface area contributed by atoms with Crippen LogP contribution in [0.5, 0.6) is 0 Å². The Balaban J connectivity index is 1.37. The Hall–Kier alpha value is -1.72. The first-order valence-electron chi connectivity index (χ1n) is 8.17. The fourth-order valence-electron chi connectivity index (χ4n) is 2.98. The summed E-state index contributed by atoms with van der Waals surface area (Å²) < 4.78 is 8.05. The van der Waals surface area contributed by atoms with Crippen molar-refractivity contribution in [3.63, 3.8) is 0 Å². The molecule has 1 saturated carbocycles. The SMILES string of the molecule is c1ccc(CNC[C@H]2OCCc3cn(CC4CC4)nc32)nc1. The number of rotatable bonds is 6. The maximum Gasteiger partial charge on any atom is 0.114 e. The highest BCUT2D eigenvalue weighted by molar-refractivity contribution is 5.22. The minimum atomic E-state index is 0.0629. The lowest BCUT2D eigenvalue weighted by molar-refractivity contribution is 0.0392. The van der Waals surface area contributed by atoms with Crippen molar-refractivity contribution in [2.24, 2.45) is 5.92 Å². The Bertz CT molecular complexity index is 621. The van der Waals surface area contributed by atoms with Crippen LogP contribution in [0.3, 0.4) is 0 Å². The molecule has 1 fully saturated rings. The molecule has 4 rings (SSSR count). The number of hydrogen-bond acceptors (Lipinski definition) is 4. The molecule has 0 unspecified atom stereocenters. The predicted octanol–water partition coefficient (Wildman–Crippen LogP) is 2.09. The summed E-state index contributed by atoms with van der Waals surface area (Å²) in [6.45, 7) is 3.40. The van der Waals surface area contributed by atoms with Gasteiger partial charge in [-0.2, -0.15) is 5.10 Å². The quantitative estimate of drug-likeness (QED) is 0.887. The van der Waals surface area contributed by atoms with Gasteiger partial charge in [0.1, 0.15) is 6.10 Å². The molecule has 2 aromatic heterocycles. The van der Waals surface area contributed by atoms with E-state index < -0.39 is 0 Å². The van der Waals surface area contributed by atoms with Gasteiger partial charge >= 0.3 is 0 Å². The van der Waals surface area contributed by atoms with Crippen LogP contribution in [0.15, 0.2) is 30.6 Å². The van der Waals surface area contributed by atoms with Gasteiger partial charge in [0.2, 0.25) is 0 Å². The number of fused-ring (bicyclic) bond motifs is 1. The van der Waals surface area contributed by atoms with E-state index in [1.165, 1.54) is 18.4 Å². The lowest BCUT2D eigenvalue weighted by Gasteiger charge is -2.22. The van der Waals surface area contributed by atoms with Crippen molar-refractivity contribution < 1.29 is 4.74 Å². The van der Waals surface area contributed by atoms with E-state index >= 15 is 0 Å². The predicted molar refractivity (Wildman–Crippen MR) is 83.3 cm³/mol. The second kappa shape index (κ2) is 6.18. The van der Waals surface area contributed by atoms with E-state index in [4.69, 9.17) is 9.84 Å². The molecule has 1 aliphatic heterocycles. The van der Waals surface area contributed by atoms with Crippen LogP contribution in [0, 0.1) is 5.92 Å². The third kappa shape index (κ3) is 3.20. The molecule has 5 nitrogen and oxygen atoms in total. The number of hydrogen-bond donors (Lipinski definition) is 1. The molecule has 0 radical (unpaired) electrons. The van der Waals surface area contributed by atoms with E-state index in [1.54, 1.807) is 0 Å². The van der Waals surface area contributed by atoms with Crippen LogP contribution in [0.4, 0.5) is 0 Å². The van der Waals surface area contributed by atoms with E-state index in [1.807, 2.05) is 24.4 Å². The molecule has 1 aliphatic carbocycles. The molecule has 0 bridgehead atoms. The second-order valence-electron chi connectivity index (χ2n) is 6.27. The van der Waals surface area contributed by atoms with Gasteiger partial charge < -0.3 is 10.1 Å². The highest BCUT2D eigenvalue weighted by Crippen LogP contribution is 2.32. The Kier molecular flexibility index (Phi) is 3.91. The molecule has 2 aliphatic rings. The van der Waals surface area contributed by atoms with Crippen LogP contribution < -0.4 is 5.32 Å². The van der Waals surface area contributed by atoms with Gasteiger partial charge in [-0.3, -0.25) is 9.67 Å². The number of nitrogens with one attached hydrogen (secondary N) is 1. The van der Waals surface area contributed by atoms with E-state index in [-0.39, 0.29) is 6.10 Å². The van der Waals surface area contributed by atoms with E-state index in [0.717, 1.165) is 50.0 Å². The molecule has 1 atom stereocenters. The van der Waals surface area contributed by atoms with Gasteiger partial charge in [-0.15, -0.1) is 0 Å². The summed E-state index contributed by atoms with van der Waals surface area (Å²) in [6, 6.07) is 5.98. The van der Waals surface area contributed by atoms with Gasteiger partial charge in [0.25, 0.3) is 0 Å². The third-order valence-corrected chi connectivity index (χ3v) is 4.37. The molecule has 0 spiro atoms. The van der Waals surface area contributed by atoms with Crippen molar-refractivity contribution in [1.82, 2.24) is 20.1 Å². The summed E-state index contributed by atoms with van der Waals surface area (Å²) in [7, 11) is 0. The Morgan fingerprint density at radius 3 is 3.09 bits per heavy atom. The largest absolute Gasteiger partial charge is 0.370 e. The molecule has 0 amide bonds. The highest BCUT2D eigenvalue weighted by atomic mass is 16.5. The normalized spacial score (nSPS) is 20.8. The van der Waals surface area contributed by atoms with Gasteiger partial charge in [-0.1, -0.05) is 6.07 Å². The average molecular weight is 298 g/mol. The molecule has 116 valence electrons. The van der Waals surface area contributed by atoms with Crippen molar-refractivity contribution in [3.8, 4) is 0 Å². The van der Waals surface area contributed by atoms with E-state index in [2.05, 4.69) is 21.2 Å². The molecule has 0 aromatic carbocycles. The second-order valence-corrected chi connectivity index (χ2v) is 6.27. The lowest BCUT2D eigenvalue weighted by Crippen LogP contribution is -2.27. The van der Waals surface area contributed by atoms with Crippen LogP contribution in [0.1, 0.15) is 35.9 Å². The molecule has 0 saturated heterocycles. The first-order valence-corrected chi connectivity index (χ1v) is 8.17. The van der Waals surface area contributed by atoms with Gasteiger partial charge in [-0.05, 0) is 42.9 Å². The minimum Gasteiger partial charge on any atom is -0.370 e. The average Bonchev–Trinajstić information content (AvgIpc) is 3.25. The van der Waals surface area contributed by atoms with Crippen molar-refractivity contribution in [3.05, 3.63) is 47.5 Å². The zero-order valence-electron chi connectivity index (χ0n) is 12.7. The monoisotopic (exact) mass is 298 g/mol. The van der Waals surface area contributed by atoms with Crippen LogP contribution in [-0.2, 0) is 24.2 Å². The minimum absolute atomic E-state index is 0.0629. The van der Waals surface area contributed by atoms with Crippen LogP contribution in [0.25, 0.3) is 0 Å². The molecule has 2 aromatic rings. The zero-order chi connectivity index (χ0) is 14.8. The summed E-state index contributed by atoms with van der Waals surface area (Å²) in [4.78, 5) is 4.33. The molecule has 3 heterocycles. The van der Waals surface area contributed by atoms with E-state index in [9.17, 15) is 0 Å². The summed E-state index contributed by atoms with van der Waals surface area (Å²) in [5.41, 5.74) is 3.54. The zero-order valence-corrected chi connectivity index (χ0v) is 12.7. The maximum atomic E-state index is 5.92. The Morgan fingerprint density at radius 1 is 1.32 bits per heavy atom. The molecular weight excluding hydrogens is 276 g/mol. The van der Waals surface area contributed by atoms with Crippen LogP contribution >= 0.6 is 0 Å². The summed E-state index contributed by atoms with van der Waals surface area (Å²) >= 11 is 0. The molecule has 22 heavy (non-hydrogen) atoms. The first kappa shape index (κ1) is 13.9. The number of aromatic nitrogens is 3. The number of pyridine rings is 1. The summed E-state index contributed by atoms with van der Waals surface area (Å²) in [6.07, 6.45) is 7.81. The summed E-state index contributed by atoms with van der Waals surface area (Å²) in [5, 5.41) is 8.21. The fraction of sp³-hybridized carbons (Fsp3) is 0.529. The van der Waals surface area contributed by atoms with Crippen molar-refractivity contribution >= 4 is 0 Å². The highest BCUT2D eigenvalue weighted by Gasteiger charge is 2.27. The van der Waals surface area contributed by atoms with Crippen molar-refractivity contribution in [2.75, 3.05) is 13.2 Å². The standard InChI is InChI=1S/C17H22N4O/c1-2-7-19-15(3-1)9-18-10-16-17-14(6-8-22-16)12-21(20-17)11-13-4-5-13/h1-3,7,12-13,16,18H,4-6,8-11H2/t16-/m1/s1. The van der Waals surface area contributed by atoms with Gasteiger partial charge in [-0.25, -0.2) is 0 Å². The smallest absolute Gasteiger partial charge is 0.114 e.